The molecule has 0 radical (unpaired) electrons. The van der Waals surface area contributed by atoms with Crippen LogP contribution >= 0.6 is 0 Å². The van der Waals surface area contributed by atoms with E-state index in [1.807, 2.05) is 11.9 Å². The van der Waals surface area contributed by atoms with Crippen molar-refractivity contribution in [1.29, 1.82) is 0 Å². The number of hydrogen-bond donors (Lipinski definition) is 0. The molecule has 0 aromatic heterocycles. The molecule has 1 rings (SSSR count). The fourth-order valence-corrected chi connectivity index (χ4v) is 1.16. The molecule has 10 heavy (non-hydrogen) atoms. The summed E-state index contributed by atoms with van der Waals surface area (Å²) in [5, 5.41) is 2.71. The molecular formula is C6H11FN2O. The van der Waals surface area contributed by atoms with Crippen molar-refractivity contribution in [2.45, 2.75) is 18.6 Å². The summed E-state index contributed by atoms with van der Waals surface area (Å²) in [5.41, 5.74) is 0. The van der Waals surface area contributed by atoms with Gasteiger partial charge < -0.3 is 4.90 Å². The van der Waals surface area contributed by atoms with Gasteiger partial charge in [0.2, 0.25) is 0 Å². The smallest absolute Gasteiger partial charge is 0.138 e. The van der Waals surface area contributed by atoms with Crippen LogP contribution in [0.25, 0.3) is 0 Å². The van der Waals surface area contributed by atoms with Crippen molar-refractivity contribution in [3.8, 4) is 0 Å². The van der Waals surface area contributed by atoms with Gasteiger partial charge in [0.25, 0.3) is 0 Å². The molecule has 0 N–H and O–H groups in total. The average molecular weight is 146 g/mol. The Morgan fingerprint density at radius 2 is 2.40 bits per heavy atom. The Labute approximate surface area is 59.2 Å². The Hall–Kier alpha value is -0.510. The third-order valence-corrected chi connectivity index (χ3v) is 1.85. The first-order valence-electron chi connectivity index (χ1n) is 3.39. The van der Waals surface area contributed by atoms with Gasteiger partial charge in [-0.05, 0) is 13.5 Å². The number of rotatable bonds is 1. The summed E-state index contributed by atoms with van der Waals surface area (Å²) in [5.74, 6) is 0. The first kappa shape index (κ1) is 7.60. The van der Waals surface area contributed by atoms with Crippen LogP contribution in [0.4, 0.5) is 4.39 Å². The molecule has 0 amide bonds. The lowest BCUT2D eigenvalue weighted by atomic mass is 10.1. The summed E-state index contributed by atoms with van der Waals surface area (Å²) in [6.45, 7) is 1.12. The fourth-order valence-electron chi connectivity index (χ4n) is 1.16. The first-order valence-corrected chi connectivity index (χ1v) is 3.39. The highest BCUT2D eigenvalue weighted by atomic mass is 19.1. The monoisotopic (exact) mass is 146 g/mol. The lowest BCUT2D eigenvalue weighted by Crippen LogP contribution is -2.41. The van der Waals surface area contributed by atoms with Crippen LogP contribution in [0.15, 0.2) is 5.18 Å². The maximum atomic E-state index is 12.8. The van der Waals surface area contributed by atoms with E-state index in [0.717, 1.165) is 6.54 Å². The first-order chi connectivity index (χ1) is 4.74. The Kier molecular flexibility index (Phi) is 2.32. The zero-order valence-corrected chi connectivity index (χ0v) is 5.96. The molecular weight excluding hydrogens is 135 g/mol. The van der Waals surface area contributed by atoms with E-state index in [9.17, 15) is 9.30 Å². The van der Waals surface area contributed by atoms with Gasteiger partial charge in [0.05, 0.1) is 0 Å². The summed E-state index contributed by atoms with van der Waals surface area (Å²) >= 11 is 0. The van der Waals surface area contributed by atoms with Crippen molar-refractivity contribution >= 4 is 0 Å². The number of piperidine rings is 1. The third-order valence-electron chi connectivity index (χ3n) is 1.85. The molecule has 58 valence electrons. The molecule has 0 bridgehead atoms. The van der Waals surface area contributed by atoms with E-state index in [0.29, 0.717) is 13.0 Å². The molecule has 0 aromatic carbocycles. The number of nitrogens with zero attached hydrogens (tertiary/aromatic N) is 2. The summed E-state index contributed by atoms with van der Waals surface area (Å²) in [6, 6.07) is -0.601. The van der Waals surface area contributed by atoms with Crippen LogP contribution in [0.5, 0.6) is 0 Å². The minimum absolute atomic E-state index is 0.344. The molecule has 1 aliphatic heterocycles. The molecule has 0 aromatic rings. The van der Waals surface area contributed by atoms with Gasteiger partial charge in [-0.3, -0.25) is 0 Å². The van der Waals surface area contributed by atoms with Gasteiger partial charge in [-0.25, -0.2) is 4.39 Å². The van der Waals surface area contributed by atoms with Crippen LogP contribution in [0.1, 0.15) is 6.42 Å². The summed E-state index contributed by atoms with van der Waals surface area (Å²) in [6.07, 6.45) is -0.502. The quantitative estimate of drug-likeness (QED) is 0.512. The number of alkyl halides is 1. The second kappa shape index (κ2) is 3.05. The molecule has 1 aliphatic rings. The van der Waals surface area contributed by atoms with E-state index < -0.39 is 12.2 Å². The Morgan fingerprint density at radius 3 is 2.90 bits per heavy atom. The molecule has 1 fully saturated rings. The van der Waals surface area contributed by atoms with Gasteiger partial charge in [0.1, 0.15) is 12.2 Å². The summed E-state index contributed by atoms with van der Waals surface area (Å²) in [4.78, 5) is 11.8. The third kappa shape index (κ3) is 1.50. The fraction of sp³-hybridized carbons (Fsp3) is 1.00. The highest BCUT2D eigenvalue weighted by molar-refractivity contribution is 4.83. The second-order valence-corrected chi connectivity index (χ2v) is 2.74. The van der Waals surface area contributed by atoms with Crippen molar-refractivity contribution in [2.75, 3.05) is 20.1 Å². The average Bonchev–Trinajstić information content (AvgIpc) is 1.88. The standard InChI is InChI=1S/C6H11FN2O/c1-9-3-2-6(8-10)5(7)4-9/h5-6H,2-4H2,1H3/t5-,6+/m1/s1. The predicted octanol–water partition coefficient (Wildman–Crippen LogP) is 0.795. The largest absolute Gasteiger partial charge is 0.303 e. The predicted molar refractivity (Wildman–Crippen MR) is 36.6 cm³/mol. The maximum Gasteiger partial charge on any atom is 0.138 e. The van der Waals surface area contributed by atoms with Gasteiger partial charge >= 0.3 is 0 Å². The number of likely N-dealkylation sites (tertiary alicyclic amines) is 1. The van der Waals surface area contributed by atoms with E-state index >= 15 is 0 Å². The molecule has 1 saturated heterocycles. The molecule has 0 saturated carbocycles. The minimum Gasteiger partial charge on any atom is -0.303 e. The second-order valence-electron chi connectivity index (χ2n) is 2.74. The lowest BCUT2D eigenvalue weighted by Gasteiger charge is -2.27. The molecule has 3 nitrogen and oxygen atoms in total. The van der Waals surface area contributed by atoms with E-state index in [2.05, 4.69) is 5.18 Å². The van der Waals surface area contributed by atoms with E-state index in [1.54, 1.807) is 0 Å². The lowest BCUT2D eigenvalue weighted by molar-refractivity contribution is 0.141. The molecule has 0 spiro atoms. The molecule has 0 aliphatic carbocycles. The normalized spacial score (nSPS) is 35.8. The van der Waals surface area contributed by atoms with Gasteiger partial charge in [-0.2, -0.15) is 4.91 Å². The van der Waals surface area contributed by atoms with Crippen LogP contribution in [0.2, 0.25) is 0 Å². The van der Waals surface area contributed by atoms with Crippen LogP contribution in [-0.4, -0.2) is 37.3 Å². The van der Waals surface area contributed by atoms with Crippen molar-refractivity contribution in [3.05, 3.63) is 4.91 Å². The summed E-state index contributed by atoms with van der Waals surface area (Å²) < 4.78 is 12.8. The number of nitroso groups, excluding NO2 is 1. The highest BCUT2D eigenvalue weighted by Gasteiger charge is 2.27. The van der Waals surface area contributed by atoms with E-state index in [-0.39, 0.29) is 0 Å². The number of halogens is 1. The molecule has 2 atom stereocenters. The van der Waals surface area contributed by atoms with E-state index in [1.165, 1.54) is 0 Å². The molecule has 0 unspecified atom stereocenters. The molecule has 1 heterocycles. The zero-order chi connectivity index (χ0) is 7.56. The number of hydrogen-bond acceptors (Lipinski definition) is 3. The van der Waals surface area contributed by atoms with Crippen LogP contribution < -0.4 is 0 Å². The van der Waals surface area contributed by atoms with Crippen LogP contribution in [-0.2, 0) is 0 Å². The zero-order valence-electron chi connectivity index (χ0n) is 5.96. The van der Waals surface area contributed by atoms with Gasteiger partial charge in [0, 0.05) is 13.1 Å². The van der Waals surface area contributed by atoms with Crippen molar-refractivity contribution in [2.24, 2.45) is 5.18 Å². The van der Waals surface area contributed by atoms with Gasteiger partial charge in [0.15, 0.2) is 0 Å². The summed E-state index contributed by atoms with van der Waals surface area (Å²) in [7, 11) is 1.84. The molecule has 4 heteroatoms. The Morgan fingerprint density at radius 1 is 1.70 bits per heavy atom. The maximum absolute atomic E-state index is 12.8. The minimum atomic E-state index is -1.06. The van der Waals surface area contributed by atoms with Crippen molar-refractivity contribution in [3.63, 3.8) is 0 Å². The van der Waals surface area contributed by atoms with Gasteiger partial charge in [-0.15, -0.1) is 0 Å². The SMILES string of the molecule is CN1CC[C@H](N=O)[C@H](F)C1. The van der Waals surface area contributed by atoms with E-state index in [4.69, 9.17) is 0 Å². The van der Waals surface area contributed by atoms with Crippen LogP contribution in [0, 0.1) is 4.91 Å². The Balaban J connectivity index is 2.43. The van der Waals surface area contributed by atoms with Crippen LogP contribution in [0.3, 0.4) is 0 Å². The highest BCUT2D eigenvalue weighted by Crippen LogP contribution is 2.15. The van der Waals surface area contributed by atoms with Crippen molar-refractivity contribution < 1.29 is 4.39 Å². The Bertz CT molecular complexity index is 131. The van der Waals surface area contributed by atoms with Gasteiger partial charge in [-0.1, -0.05) is 5.18 Å². The van der Waals surface area contributed by atoms with Crippen molar-refractivity contribution in [1.82, 2.24) is 4.90 Å². The topological polar surface area (TPSA) is 32.7 Å².